The lowest BCUT2D eigenvalue weighted by molar-refractivity contribution is 0.316. The van der Waals surface area contributed by atoms with Gasteiger partial charge < -0.3 is 4.90 Å². The first-order valence-electron chi connectivity index (χ1n) is 6.05. The third-order valence-corrected chi connectivity index (χ3v) is 3.13. The van der Waals surface area contributed by atoms with Crippen molar-refractivity contribution in [2.24, 2.45) is 0 Å². The number of rotatable bonds is 10. The molecule has 2 heteroatoms. The molecule has 0 spiro atoms. The molecule has 0 aromatic carbocycles. The standard InChI is InChI=1S/C12H26BrN/c1-3-4-5-8-11-14(2)12-9-6-7-10-13/h3-12H2,1-2H3. The number of hydrogen-bond acceptors (Lipinski definition) is 1. The first-order chi connectivity index (χ1) is 6.81. The van der Waals surface area contributed by atoms with E-state index in [0.29, 0.717) is 0 Å². The summed E-state index contributed by atoms with van der Waals surface area (Å²) in [6.45, 7) is 4.83. The van der Waals surface area contributed by atoms with Gasteiger partial charge >= 0.3 is 0 Å². The van der Waals surface area contributed by atoms with Crippen molar-refractivity contribution in [3.05, 3.63) is 0 Å². The Morgan fingerprint density at radius 1 is 0.857 bits per heavy atom. The topological polar surface area (TPSA) is 3.24 Å². The number of halogens is 1. The molecule has 0 aromatic rings. The van der Waals surface area contributed by atoms with Crippen molar-refractivity contribution in [3.8, 4) is 0 Å². The maximum absolute atomic E-state index is 3.46. The number of hydrogen-bond donors (Lipinski definition) is 0. The average Bonchev–Trinajstić information content (AvgIpc) is 2.19. The molecule has 0 aromatic heterocycles. The monoisotopic (exact) mass is 263 g/mol. The Morgan fingerprint density at radius 3 is 1.93 bits per heavy atom. The van der Waals surface area contributed by atoms with Crippen molar-refractivity contribution in [1.29, 1.82) is 0 Å². The van der Waals surface area contributed by atoms with E-state index in [2.05, 4.69) is 34.8 Å². The second kappa shape index (κ2) is 11.5. The van der Waals surface area contributed by atoms with E-state index >= 15 is 0 Å². The van der Waals surface area contributed by atoms with Gasteiger partial charge in [-0.3, -0.25) is 0 Å². The summed E-state index contributed by atoms with van der Waals surface area (Å²) < 4.78 is 0. The van der Waals surface area contributed by atoms with Crippen LogP contribution >= 0.6 is 15.9 Å². The van der Waals surface area contributed by atoms with Crippen molar-refractivity contribution < 1.29 is 0 Å². The molecule has 0 amide bonds. The molecular weight excluding hydrogens is 238 g/mol. The zero-order valence-corrected chi connectivity index (χ0v) is 11.5. The Kier molecular flexibility index (Phi) is 11.9. The molecule has 14 heavy (non-hydrogen) atoms. The van der Waals surface area contributed by atoms with E-state index in [9.17, 15) is 0 Å². The van der Waals surface area contributed by atoms with Crippen LogP contribution in [-0.4, -0.2) is 30.4 Å². The van der Waals surface area contributed by atoms with Crippen LogP contribution in [0.5, 0.6) is 0 Å². The van der Waals surface area contributed by atoms with Crippen LogP contribution in [0.2, 0.25) is 0 Å². The van der Waals surface area contributed by atoms with E-state index in [4.69, 9.17) is 0 Å². The van der Waals surface area contributed by atoms with E-state index in [1.54, 1.807) is 0 Å². The van der Waals surface area contributed by atoms with Crippen LogP contribution in [0.15, 0.2) is 0 Å². The fraction of sp³-hybridized carbons (Fsp3) is 1.00. The highest BCUT2D eigenvalue weighted by Gasteiger charge is 1.97. The molecular formula is C12H26BrN. The Hall–Kier alpha value is 0.440. The van der Waals surface area contributed by atoms with Crippen molar-refractivity contribution in [3.63, 3.8) is 0 Å². The number of alkyl halides is 1. The molecule has 0 aliphatic carbocycles. The summed E-state index contributed by atoms with van der Waals surface area (Å²) in [6, 6.07) is 0. The molecule has 0 atom stereocenters. The molecule has 0 radical (unpaired) electrons. The summed E-state index contributed by atoms with van der Waals surface area (Å²) in [5.41, 5.74) is 0. The lowest BCUT2D eigenvalue weighted by atomic mass is 10.2. The van der Waals surface area contributed by atoms with Crippen molar-refractivity contribution in [2.75, 3.05) is 25.5 Å². The minimum atomic E-state index is 1.16. The van der Waals surface area contributed by atoms with Crippen LogP contribution in [0, 0.1) is 0 Å². The molecule has 0 rings (SSSR count). The predicted molar refractivity (Wildman–Crippen MR) is 69.3 cm³/mol. The largest absolute Gasteiger partial charge is 0.306 e. The van der Waals surface area contributed by atoms with Crippen LogP contribution in [0.25, 0.3) is 0 Å². The molecule has 0 saturated carbocycles. The highest BCUT2D eigenvalue weighted by molar-refractivity contribution is 9.09. The van der Waals surface area contributed by atoms with Crippen molar-refractivity contribution in [1.82, 2.24) is 4.90 Å². The van der Waals surface area contributed by atoms with Crippen LogP contribution < -0.4 is 0 Å². The third-order valence-electron chi connectivity index (χ3n) is 2.57. The van der Waals surface area contributed by atoms with Crippen molar-refractivity contribution in [2.45, 2.75) is 51.9 Å². The molecule has 0 unspecified atom stereocenters. The van der Waals surface area contributed by atoms with Gasteiger partial charge in [0.05, 0.1) is 0 Å². The molecule has 0 fully saturated rings. The molecule has 0 aliphatic rings. The van der Waals surface area contributed by atoms with E-state index < -0.39 is 0 Å². The van der Waals surface area contributed by atoms with E-state index in [1.165, 1.54) is 58.0 Å². The summed E-state index contributed by atoms with van der Waals surface area (Å²) in [6.07, 6.45) is 9.57. The van der Waals surface area contributed by atoms with Crippen LogP contribution in [0.4, 0.5) is 0 Å². The lowest BCUT2D eigenvalue weighted by Gasteiger charge is -2.15. The number of unbranched alkanes of at least 4 members (excludes halogenated alkanes) is 5. The summed E-state index contributed by atoms with van der Waals surface area (Å²) in [4.78, 5) is 2.48. The third kappa shape index (κ3) is 10.5. The van der Waals surface area contributed by atoms with Gasteiger partial charge in [0.25, 0.3) is 0 Å². The zero-order chi connectivity index (χ0) is 10.6. The molecule has 0 bridgehead atoms. The van der Waals surface area contributed by atoms with Crippen LogP contribution in [0.1, 0.15) is 51.9 Å². The van der Waals surface area contributed by atoms with Gasteiger partial charge in [-0.2, -0.15) is 0 Å². The van der Waals surface area contributed by atoms with E-state index in [0.717, 1.165) is 5.33 Å². The Morgan fingerprint density at radius 2 is 1.43 bits per heavy atom. The Bertz CT molecular complexity index is 94.5. The normalized spacial score (nSPS) is 11.1. The first-order valence-corrected chi connectivity index (χ1v) is 7.18. The fourth-order valence-corrected chi connectivity index (χ4v) is 1.97. The van der Waals surface area contributed by atoms with Gasteiger partial charge in [-0.05, 0) is 39.4 Å². The quantitative estimate of drug-likeness (QED) is 0.425. The smallest absolute Gasteiger partial charge is 0.00313 e. The molecule has 0 N–H and O–H groups in total. The predicted octanol–water partition coefficient (Wildman–Crippen LogP) is 4.06. The van der Waals surface area contributed by atoms with Gasteiger partial charge in [-0.15, -0.1) is 0 Å². The summed E-state index contributed by atoms with van der Waals surface area (Å²) >= 11 is 3.46. The summed E-state index contributed by atoms with van der Waals surface area (Å²) in [7, 11) is 2.25. The Labute approximate surface area is 98.4 Å². The second-order valence-corrected chi connectivity index (χ2v) is 4.91. The minimum Gasteiger partial charge on any atom is -0.306 e. The SMILES string of the molecule is CCCCCCN(C)CCCCCBr. The van der Waals surface area contributed by atoms with Gasteiger partial charge in [0.2, 0.25) is 0 Å². The van der Waals surface area contributed by atoms with Crippen LogP contribution in [-0.2, 0) is 0 Å². The molecule has 0 saturated heterocycles. The Balaban J connectivity index is 3.07. The molecule has 0 aliphatic heterocycles. The lowest BCUT2D eigenvalue weighted by Crippen LogP contribution is -2.20. The van der Waals surface area contributed by atoms with Gasteiger partial charge in [0.1, 0.15) is 0 Å². The molecule has 86 valence electrons. The summed E-state index contributed by atoms with van der Waals surface area (Å²) in [5.74, 6) is 0. The molecule has 0 heterocycles. The fourth-order valence-electron chi connectivity index (χ4n) is 1.57. The van der Waals surface area contributed by atoms with Crippen LogP contribution in [0.3, 0.4) is 0 Å². The van der Waals surface area contributed by atoms with Crippen molar-refractivity contribution >= 4 is 15.9 Å². The van der Waals surface area contributed by atoms with Gasteiger partial charge in [0.15, 0.2) is 0 Å². The zero-order valence-electron chi connectivity index (χ0n) is 9.90. The highest BCUT2D eigenvalue weighted by Crippen LogP contribution is 2.03. The number of nitrogens with zero attached hydrogens (tertiary/aromatic N) is 1. The average molecular weight is 264 g/mol. The molecule has 1 nitrogen and oxygen atoms in total. The van der Waals surface area contributed by atoms with E-state index in [1.807, 2.05) is 0 Å². The highest BCUT2D eigenvalue weighted by atomic mass is 79.9. The summed E-state index contributed by atoms with van der Waals surface area (Å²) in [5, 5.41) is 1.16. The van der Waals surface area contributed by atoms with Gasteiger partial charge in [0, 0.05) is 5.33 Å². The van der Waals surface area contributed by atoms with Gasteiger partial charge in [-0.25, -0.2) is 0 Å². The second-order valence-electron chi connectivity index (χ2n) is 4.11. The van der Waals surface area contributed by atoms with Gasteiger partial charge in [-0.1, -0.05) is 48.5 Å². The van der Waals surface area contributed by atoms with E-state index in [-0.39, 0.29) is 0 Å². The maximum atomic E-state index is 3.46. The first kappa shape index (κ1) is 14.4. The minimum absolute atomic E-state index is 1.16. The maximum Gasteiger partial charge on any atom is 0.00313 e.